The molecule has 0 bridgehead atoms. The third-order valence-corrected chi connectivity index (χ3v) is 3.16. The first-order valence-electron chi connectivity index (χ1n) is 5.21. The minimum Gasteiger partial charge on any atom is -0.481 e. The minimum atomic E-state index is 0.594. The van der Waals surface area contributed by atoms with Crippen LogP contribution in [0.25, 0.3) is 0 Å². The lowest BCUT2D eigenvalue weighted by atomic mass is 10.3. The van der Waals surface area contributed by atoms with Crippen molar-refractivity contribution < 1.29 is 4.74 Å². The SMILES string of the molecule is COc1ncnc(NCc2csc(C)n2)c1C. The lowest BCUT2D eigenvalue weighted by Gasteiger charge is -2.09. The summed E-state index contributed by atoms with van der Waals surface area (Å²) in [6, 6.07) is 0. The summed E-state index contributed by atoms with van der Waals surface area (Å²) in [6.07, 6.45) is 1.49. The first-order chi connectivity index (χ1) is 8.20. The molecule has 0 aliphatic rings. The van der Waals surface area contributed by atoms with E-state index in [9.17, 15) is 0 Å². The predicted octanol–water partition coefficient (Wildman–Crippen LogP) is 2.17. The quantitative estimate of drug-likeness (QED) is 0.901. The molecule has 0 saturated heterocycles. The third-order valence-electron chi connectivity index (χ3n) is 2.33. The normalized spacial score (nSPS) is 10.3. The zero-order valence-electron chi connectivity index (χ0n) is 10.0. The van der Waals surface area contributed by atoms with Gasteiger partial charge in [-0.1, -0.05) is 0 Å². The maximum Gasteiger partial charge on any atom is 0.221 e. The number of ether oxygens (including phenoxy) is 1. The van der Waals surface area contributed by atoms with Crippen molar-refractivity contribution in [2.75, 3.05) is 12.4 Å². The van der Waals surface area contributed by atoms with Crippen molar-refractivity contribution in [2.24, 2.45) is 0 Å². The van der Waals surface area contributed by atoms with Gasteiger partial charge < -0.3 is 10.1 Å². The first kappa shape index (κ1) is 11.8. The van der Waals surface area contributed by atoms with Gasteiger partial charge in [-0.3, -0.25) is 0 Å². The van der Waals surface area contributed by atoms with Gasteiger partial charge in [0.1, 0.15) is 12.1 Å². The number of rotatable bonds is 4. The van der Waals surface area contributed by atoms with E-state index in [0.717, 1.165) is 22.1 Å². The number of aryl methyl sites for hydroxylation is 1. The van der Waals surface area contributed by atoms with E-state index in [-0.39, 0.29) is 0 Å². The summed E-state index contributed by atoms with van der Waals surface area (Å²) in [5.41, 5.74) is 1.92. The van der Waals surface area contributed by atoms with E-state index < -0.39 is 0 Å². The Hall–Kier alpha value is -1.69. The third kappa shape index (κ3) is 2.71. The Labute approximate surface area is 104 Å². The van der Waals surface area contributed by atoms with E-state index in [2.05, 4.69) is 20.3 Å². The van der Waals surface area contributed by atoms with Gasteiger partial charge in [0.25, 0.3) is 0 Å². The van der Waals surface area contributed by atoms with Gasteiger partial charge in [-0.25, -0.2) is 15.0 Å². The monoisotopic (exact) mass is 250 g/mol. The van der Waals surface area contributed by atoms with Crippen LogP contribution in [0.15, 0.2) is 11.7 Å². The van der Waals surface area contributed by atoms with Crippen molar-refractivity contribution in [1.82, 2.24) is 15.0 Å². The lowest BCUT2D eigenvalue weighted by Crippen LogP contribution is -2.05. The van der Waals surface area contributed by atoms with E-state index in [4.69, 9.17) is 4.74 Å². The fourth-order valence-corrected chi connectivity index (χ4v) is 2.09. The van der Waals surface area contributed by atoms with E-state index in [1.807, 2.05) is 19.2 Å². The molecule has 2 aromatic rings. The summed E-state index contributed by atoms with van der Waals surface area (Å²) in [6.45, 7) is 4.58. The summed E-state index contributed by atoms with van der Waals surface area (Å²) in [4.78, 5) is 12.6. The molecule has 2 aromatic heterocycles. The molecule has 2 heterocycles. The number of methoxy groups -OCH3 is 1. The van der Waals surface area contributed by atoms with Crippen molar-refractivity contribution in [3.63, 3.8) is 0 Å². The molecule has 90 valence electrons. The second kappa shape index (κ2) is 5.09. The molecular formula is C11H14N4OS. The number of nitrogens with one attached hydrogen (secondary N) is 1. The Morgan fingerprint density at radius 1 is 1.35 bits per heavy atom. The molecule has 0 aliphatic heterocycles. The fraction of sp³-hybridized carbons (Fsp3) is 0.364. The predicted molar refractivity (Wildman–Crippen MR) is 67.5 cm³/mol. The van der Waals surface area contributed by atoms with Crippen LogP contribution >= 0.6 is 11.3 Å². The van der Waals surface area contributed by atoms with Gasteiger partial charge in [0.2, 0.25) is 5.88 Å². The number of hydrogen-bond donors (Lipinski definition) is 1. The first-order valence-corrected chi connectivity index (χ1v) is 6.09. The Morgan fingerprint density at radius 2 is 2.18 bits per heavy atom. The minimum absolute atomic E-state index is 0.594. The zero-order valence-corrected chi connectivity index (χ0v) is 10.8. The Kier molecular flexibility index (Phi) is 3.53. The van der Waals surface area contributed by atoms with Crippen LogP contribution < -0.4 is 10.1 Å². The second-order valence-corrected chi connectivity index (χ2v) is 4.63. The van der Waals surface area contributed by atoms with Crippen LogP contribution in [0.3, 0.4) is 0 Å². The highest BCUT2D eigenvalue weighted by Crippen LogP contribution is 2.20. The number of anilines is 1. The molecular weight excluding hydrogens is 236 g/mol. The van der Waals surface area contributed by atoms with E-state index in [0.29, 0.717) is 12.4 Å². The lowest BCUT2D eigenvalue weighted by molar-refractivity contribution is 0.393. The van der Waals surface area contributed by atoms with Crippen LogP contribution in [-0.2, 0) is 6.54 Å². The summed E-state index contributed by atoms with van der Waals surface area (Å²) >= 11 is 1.64. The molecule has 0 spiro atoms. The highest BCUT2D eigenvalue weighted by molar-refractivity contribution is 7.09. The molecule has 0 atom stereocenters. The van der Waals surface area contributed by atoms with Gasteiger partial charge in [0.15, 0.2) is 0 Å². The molecule has 0 saturated carbocycles. The van der Waals surface area contributed by atoms with Crippen molar-refractivity contribution >= 4 is 17.2 Å². The standard InChI is InChI=1S/C11H14N4OS/c1-7-10(13-6-14-11(7)16-3)12-4-9-5-17-8(2)15-9/h5-6H,4H2,1-3H3,(H,12,13,14). The molecule has 0 aromatic carbocycles. The number of thiazole rings is 1. The van der Waals surface area contributed by atoms with Crippen molar-refractivity contribution in [1.29, 1.82) is 0 Å². The summed E-state index contributed by atoms with van der Waals surface area (Å²) in [7, 11) is 1.60. The van der Waals surface area contributed by atoms with Crippen LogP contribution in [0.5, 0.6) is 5.88 Å². The second-order valence-electron chi connectivity index (χ2n) is 3.57. The number of nitrogens with zero attached hydrogens (tertiary/aromatic N) is 3. The smallest absolute Gasteiger partial charge is 0.221 e. The molecule has 0 amide bonds. The van der Waals surface area contributed by atoms with Crippen molar-refractivity contribution in [2.45, 2.75) is 20.4 Å². The molecule has 5 nitrogen and oxygen atoms in total. The van der Waals surface area contributed by atoms with Crippen LogP contribution in [0.4, 0.5) is 5.82 Å². The van der Waals surface area contributed by atoms with E-state index in [1.165, 1.54) is 6.33 Å². The summed E-state index contributed by atoms with van der Waals surface area (Å²) in [5.74, 6) is 1.37. The maximum absolute atomic E-state index is 5.14. The molecule has 0 radical (unpaired) electrons. The van der Waals surface area contributed by atoms with Gasteiger partial charge in [-0.2, -0.15) is 0 Å². The highest BCUT2D eigenvalue weighted by Gasteiger charge is 2.07. The summed E-state index contributed by atoms with van der Waals surface area (Å²) < 4.78 is 5.14. The number of hydrogen-bond acceptors (Lipinski definition) is 6. The molecule has 1 N–H and O–H groups in total. The molecule has 6 heteroatoms. The molecule has 0 fully saturated rings. The van der Waals surface area contributed by atoms with Gasteiger partial charge in [-0.15, -0.1) is 11.3 Å². The molecule has 2 rings (SSSR count). The van der Waals surface area contributed by atoms with Gasteiger partial charge in [0.05, 0.1) is 29.9 Å². The van der Waals surface area contributed by atoms with E-state index >= 15 is 0 Å². The van der Waals surface area contributed by atoms with Crippen LogP contribution in [0, 0.1) is 13.8 Å². The van der Waals surface area contributed by atoms with Gasteiger partial charge in [0, 0.05) is 5.38 Å². The average Bonchev–Trinajstić information content (AvgIpc) is 2.74. The van der Waals surface area contributed by atoms with Crippen LogP contribution in [0.2, 0.25) is 0 Å². The largest absolute Gasteiger partial charge is 0.481 e. The maximum atomic E-state index is 5.14. The van der Waals surface area contributed by atoms with Crippen molar-refractivity contribution in [3.05, 3.63) is 28.0 Å². The Balaban J connectivity index is 2.09. The molecule has 0 aliphatic carbocycles. The highest BCUT2D eigenvalue weighted by atomic mass is 32.1. The topological polar surface area (TPSA) is 59.9 Å². The average molecular weight is 250 g/mol. The Morgan fingerprint density at radius 3 is 2.82 bits per heavy atom. The van der Waals surface area contributed by atoms with Crippen molar-refractivity contribution in [3.8, 4) is 5.88 Å². The molecule has 17 heavy (non-hydrogen) atoms. The molecule has 0 unspecified atom stereocenters. The van der Waals surface area contributed by atoms with Crippen LogP contribution in [0.1, 0.15) is 16.3 Å². The van der Waals surface area contributed by atoms with Crippen LogP contribution in [-0.4, -0.2) is 22.1 Å². The Bertz CT molecular complexity index is 512. The van der Waals surface area contributed by atoms with Gasteiger partial charge in [-0.05, 0) is 13.8 Å². The number of aromatic nitrogens is 3. The summed E-state index contributed by atoms with van der Waals surface area (Å²) in [5, 5.41) is 6.34. The fourth-order valence-electron chi connectivity index (χ4n) is 1.48. The zero-order chi connectivity index (χ0) is 12.3. The van der Waals surface area contributed by atoms with E-state index in [1.54, 1.807) is 18.4 Å². The van der Waals surface area contributed by atoms with Gasteiger partial charge >= 0.3 is 0 Å².